The minimum atomic E-state index is -2.25. The number of aromatic hydroxyl groups is 2. The molecule has 0 aromatic heterocycles. The predicted molar refractivity (Wildman–Crippen MR) is 134 cm³/mol. The summed E-state index contributed by atoms with van der Waals surface area (Å²) < 4.78 is 0. The normalized spacial score (nSPS) is 38.1. The Bertz CT molecular complexity index is 1680. The second-order valence-corrected chi connectivity index (χ2v) is 12.0. The van der Waals surface area contributed by atoms with E-state index in [0.29, 0.717) is 11.1 Å². The van der Waals surface area contributed by atoms with Crippen LogP contribution in [0.1, 0.15) is 43.0 Å². The zero-order chi connectivity index (χ0) is 28.5. The van der Waals surface area contributed by atoms with E-state index in [1.54, 1.807) is 13.8 Å². The number of Topliss-reactive ketones (excluding diaryl/α,β-unsaturated/α-hetero) is 4. The number of rotatable bonds is 0. The van der Waals surface area contributed by atoms with Gasteiger partial charge < -0.3 is 30.6 Å². The molecule has 4 bridgehead atoms. The molecule has 8 atom stereocenters. The van der Waals surface area contributed by atoms with E-state index in [4.69, 9.17) is 0 Å². The lowest BCUT2D eigenvalue weighted by atomic mass is 9.46. The van der Waals surface area contributed by atoms with Gasteiger partial charge in [0, 0.05) is 23.0 Å². The number of fused-ring (bicyclic) bond motifs is 4. The van der Waals surface area contributed by atoms with Crippen molar-refractivity contribution in [3.63, 3.8) is 0 Å². The Morgan fingerprint density at radius 2 is 0.950 bits per heavy atom. The highest BCUT2D eigenvalue weighted by Crippen LogP contribution is 2.80. The number of benzene rings is 2. The monoisotopic (exact) mass is 542 g/mol. The van der Waals surface area contributed by atoms with E-state index >= 15 is 0 Å². The molecule has 4 fully saturated rings. The summed E-state index contributed by atoms with van der Waals surface area (Å²) in [5, 5.41) is 67.8. The zero-order valence-electron chi connectivity index (χ0n) is 21.1. The summed E-state index contributed by atoms with van der Waals surface area (Å²) in [4.78, 5) is 57.9. The largest absolute Gasteiger partial charge is 0.507 e. The Kier molecular flexibility index (Phi) is 3.86. The number of aliphatic hydroxyl groups excluding tert-OH is 4. The van der Waals surface area contributed by atoms with E-state index in [-0.39, 0.29) is 22.3 Å². The van der Waals surface area contributed by atoms with Crippen molar-refractivity contribution in [2.75, 3.05) is 0 Å². The van der Waals surface area contributed by atoms with Gasteiger partial charge in [-0.1, -0.05) is 0 Å². The molecule has 0 heterocycles. The van der Waals surface area contributed by atoms with Gasteiger partial charge in [-0.3, -0.25) is 19.2 Å². The van der Waals surface area contributed by atoms with Gasteiger partial charge in [-0.15, -0.1) is 0 Å². The highest BCUT2D eigenvalue weighted by atomic mass is 16.3. The van der Waals surface area contributed by atoms with Crippen LogP contribution >= 0.6 is 0 Å². The molecule has 0 amide bonds. The van der Waals surface area contributed by atoms with Gasteiger partial charge in [0.1, 0.15) is 23.0 Å². The number of phenols is 2. The number of carbonyl (C=O) groups is 4. The standard InChI is InChI=1S/C30H22O10/c1-7-3-9-13(11(31)5-7)21(33)17-25(37)20-23(35)15-16-24(36)19(29(15,17)27(9)39)26(38)18-22(34)14-10(28(40)30(16,18)20)4-8(2)6-12(14)32/h3-6,15-16,19-20,23-24,31-36H,1-2H3/t15-,16-,19+,20+,23+,24+,29-,30-/m0/s1. The Morgan fingerprint density at radius 1 is 0.600 bits per heavy atom. The topological polar surface area (TPSA) is 190 Å². The number of phenolic OH excluding ortho intramolecular Hbond substituents is 2. The van der Waals surface area contributed by atoms with E-state index < -0.39 is 104 Å². The Balaban J connectivity index is 1.55. The van der Waals surface area contributed by atoms with Crippen LogP contribution in [0.5, 0.6) is 11.5 Å². The first kappa shape index (κ1) is 23.6. The first-order valence-electron chi connectivity index (χ1n) is 12.9. The molecule has 6 N–H and O–H groups in total. The average molecular weight is 542 g/mol. The third kappa shape index (κ3) is 1.96. The fourth-order valence-corrected chi connectivity index (χ4v) is 9.51. The molecule has 4 saturated carbocycles. The molecule has 0 saturated heterocycles. The van der Waals surface area contributed by atoms with Crippen molar-refractivity contribution in [1.29, 1.82) is 0 Å². The molecule has 2 spiro atoms. The lowest BCUT2D eigenvalue weighted by Gasteiger charge is -2.53. The Morgan fingerprint density at radius 3 is 1.30 bits per heavy atom. The minimum absolute atomic E-state index is 0.185. The van der Waals surface area contributed by atoms with Crippen molar-refractivity contribution in [1.82, 2.24) is 0 Å². The van der Waals surface area contributed by atoms with Crippen LogP contribution in [0, 0.1) is 48.3 Å². The van der Waals surface area contributed by atoms with Crippen LogP contribution in [0.25, 0.3) is 11.5 Å². The molecule has 2 aromatic carbocycles. The van der Waals surface area contributed by atoms with E-state index in [2.05, 4.69) is 0 Å². The quantitative estimate of drug-likeness (QED) is 0.286. The molecule has 2 aromatic rings. The van der Waals surface area contributed by atoms with Crippen molar-refractivity contribution in [3.05, 3.63) is 68.8 Å². The van der Waals surface area contributed by atoms with Crippen LogP contribution in [-0.4, -0.2) is 66.0 Å². The first-order valence-corrected chi connectivity index (χ1v) is 12.9. The van der Waals surface area contributed by atoms with Crippen LogP contribution in [-0.2, 0) is 9.59 Å². The average Bonchev–Trinajstić information content (AvgIpc) is 3.22. The van der Waals surface area contributed by atoms with Crippen molar-refractivity contribution >= 4 is 34.7 Å². The molecular weight excluding hydrogens is 520 g/mol. The number of hydrogen-bond donors (Lipinski definition) is 6. The molecule has 0 unspecified atom stereocenters. The number of carbonyl (C=O) groups excluding carboxylic acids is 4. The van der Waals surface area contributed by atoms with Crippen molar-refractivity contribution in [3.8, 4) is 11.5 Å². The van der Waals surface area contributed by atoms with Crippen LogP contribution in [0.4, 0.5) is 0 Å². The van der Waals surface area contributed by atoms with Crippen molar-refractivity contribution < 1.29 is 49.8 Å². The van der Waals surface area contributed by atoms with E-state index in [1.807, 2.05) is 0 Å². The number of aryl methyl sites for hydroxylation is 2. The summed E-state index contributed by atoms with van der Waals surface area (Å²) in [7, 11) is 0. The van der Waals surface area contributed by atoms with Crippen LogP contribution in [0.3, 0.4) is 0 Å². The van der Waals surface area contributed by atoms with Gasteiger partial charge in [0.05, 0.1) is 57.1 Å². The van der Waals surface area contributed by atoms with Gasteiger partial charge in [0.25, 0.3) is 0 Å². The van der Waals surface area contributed by atoms with Gasteiger partial charge in [-0.05, 0) is 49.2 Å². The number of allylic oxidation sites excluding steroid dienone is 2. The summed E-state index contributed by atoms with van der Waals surface area (Å²) in [6.07, 6.45) is -3.37. The molecule has 40 heavy (non-hydrogen) atoms. The Labute approximate surface area is 225 Å². The van der Waals surface area contributed by atoms with Gasteiger partial charge in [0.15, 0.2) is 23.1 Å². The van der Waals surface area contributed by atoms with E-state index in [0.717, 1.165) is 0 Å². The summed E-state index contributed by atoms with van der Waals surface area (Å²) in [5.74, 6) is -12.2. The number of aliphatic hydroxyl groups is 4. The Hall–Kier alpha value is -4.28. The van der Waals surface area contributed by atoms with Crippen LogP contribution in [0.15, 0.2) is 35.4 Å². The third-order valence-electron chi connectivity index (χ3n) is 10.4. The molecule has 10 heteroatoms. The highest BCUT2D eigenvalue weighted by Gasteiger charge is 2.89. The van der Waals surface area contributed by atoms with E-state index in [1.165, 1.54) is 24.3 Å². The molecule has 10 nitrogen and oxygen atoms in total. The lowest BCUT2D eigenvalue weighted by Crippen LogP contribution is -2.65. The maximum atomic E-state index is 14.5. The number of hydrogen-bond acceptors (Lipinski definition) is 10. The highest BCUT2D eigenvalue weighted by molar-refractivity contribution is 6.30. The SMILES string of the molecule is Cc1cc(O)c2c(c1)C(=O)[C@]13C(=C2O)C(=O)[C@H]2[C@H](O)[C@@H]1[C@H]1[C@@H](O)[C@@H]3C(=O)C3=C(O)c4c(O)cc(C)cc4C(=O)[C@]312. The molecule has 6 aliphatic rings. The minimum Gasteiger partial charge on any atom is -0.507 e. The molecule has 8 rings (SSSR count). The molecule has 6 aliphatic carbocycles. The second-order valence-electron chi connectivity index (χ2n) is 12.0. The maximum Gasteiger partial charge on any atom is 0.175 e. The van der Waals surface area contributed by atoms with Gasteiger partial charge in [0.2, 0.25) is 0 Å². The molecule has 0 aliphatic heterocycles. The number of ketones is 4. The van der Waals surface area contributed by atoms with Gasteiger partial charge in [-0.25, -0.2) is 0 Å². The van der Waals surface area contributed by atoms with Gasteiger partial charge in [-0.2, -0.15) is 0 Å². The zero-order valence-corrected chi connectivity index (χ0v) is 21.1. The first-order chi connectivity index (χ1) is 18.8. The predicted octanol–water partition coefficient (Wildman–Crippen LogP) is 1.70. The summed E-state index contributed by atoms with van der Waals surface area (Å²) in [6, 6.07) is 5.37. The lowest BCUT2D eigenvalue weighted by molar-refractivity contribution is -0.142. The van der Waals surface area contributed by atoms with E-state index in [9.17, 15) is 49.8 Å². The summed E-state index contributed by atoms with van der Waals surface area (Å²) >= 11 is 0. The van der Waals surface area contributed by atoms with Crippen molar-refractivity contribution in [2.24, 2.45) is 34.5 Å². The van der Waals surface area contributed by atoms with Crippen LogP contribution in [0.2, 0.25) is 0 Å². The maximum absolute atomic E-state index is 14.5. The fraction of sp³-hybridized carbons (Fsp3) is 0.333. The fourth-order valence-electron chi connectivity index (χ4n) is 9.51. The van der Waals surface area contributed by atoms with Gasteiger partial charge >= 0.3 is 0 Å². The third-order valence-corrected chi connectivity index (χ3v) is 10.4. The molecule has 0 radical (unpaired) electrons. The molecule has 202 valence electrons. The molecular formula is C30H22O10. The second kappa shape index (κ2) is 6.54. The summed E-state index contributed by atoms with van der Waals surface area (Å²) in [5.41, 5.74) is -5.58. The smallest absolute Gasteiger partial charge is 0.175 e. The van der Waals surface area contributed by atoms with Crippen LogP contribution < -0.4 is 0 Å². The van der Waals surface area contributed by atoms with Crippen molar-refractivity contribution in [2.45, 2.75) is 26.1 Å². The summed E-state index contributed by atoms with van der Waals surface area (Å²) in [6.45, 7) is 3.19.